The van der Waals surface area contributed by atoms with Crippen LogP contribution < -0.4 is 5.32 Å². The van der Waals surface area contributed by atoms with Gasteiger partial charge in [-0.05, 0) is 38.1 Å². The zero-order valence-corrected chi connectivity index (χ0v) is 12.4. The van der Waals surface area contributed by atoms with E-state index in [1.165, 1.54) is 5.69 Å². The average molecular weight is 313 g/mol. The van der Waals surface area contributed by atoms with Gasteiger partial charge in [-0.15, -0.1) is 0 Å². The van der Waals surface area contributed by atoms with E-state index in [-0.39, 0.29) is 0 Å². The minimum absolute atomic E-state index is 0.683. The monoisotopic (exact) mass is 312 g/mol. The van der Waals surface area contributed by atoms with E-state index in [1.54, 1.807) is 0 Å². The third-order valence-electron chi connectivity index (χ3n) is 3.43. The van der Waals surface area contributed by atoms with E-state index in [0.29, 0.717) is 6.04 Å². The van der Waals surface area contributed by atoms with Crippen LogP contribution in [0.15, 0.2) is 28.7 Å². The second-order valence-electron chi connectivity index (χ2n) is 4.76. The van der Waals surface area contributed by atoms with Gasteiger partial charge >= 0.3 is 0 Å². The van der Waals surface area contributed by atoms with Crippen LogP contribution in [-0.2, 0) is 4.74 Å². The number of ether oxygens (including phenoxy) is 1. The van der Waals surface area contributed by atoms with Crippen LogP contribution in [0.3, 0.4) is 0 Å². The molecule has 0 amide bonds. The highest BCUT2D eigenvalue weighted by Gasteiger charge is 2.17. The fraction of sp³-hybridized carbons (Fsp3) is 0.571. The van der Waals surface area contributed by atoms with Gasteiger partial charge < -0.3 is 15.0 Å². The van der Waals surface area contributed by atoms with Crippen LogP contribution in [0.25, 0.3) is 0 Å². The Labute approximate surface area is 118 Å². The summed E-state index contributed by atoms with van der Waals surface area (Å²) in [6.45, 7) is 3.86. The summed E-state index contributed by atoms with van der Waals surface area (Å²) in [7, 11) is 2.21. The van der Waals surface area contributed by atoms with Gasteiger partial charge in [0.05, 0.1) is 0 Å². The normalized spacial score (nSPS) is 17.1. The van der Waals surface area contributed by atoms with Crippen LogP contribution >= 0.6 is 15.9 Å². The topological polar surface area (TPSA) is 24.5 Å². The molecule has 1 fully saturated rings. The highest BCUT2D eigenvalue weighted by molar-refractivity contribution is 9.10. The van der Waals surface area contributed by atoms with Gasteiger partial charge in [-0.1, -0.05) is 22.0 Å². The molecule has 3 nitrogen and oxygen atoms in total. The summed E-state index contributed by atoms with van der Waals surface area (Å²) in [5.41, 5.74) is 1.17. The van der Waals surface area contributed by atoms with Crippen LogP contribution in [0, 0.1) is 0 Å². The number of hydrogen-bond donors (Lipinski definition) is 1. The van der Waals surface area contributed by atoms with Crippen molar-refractivity contribution in [2.45, 2.75) is 18.9 Å². The zero-order valence-electron chi connectivity index (χ0n) is 10.9. The van der Waals surface area contributed by atoms with Gasteiger partial charge in [-0.2, -0.15) is 0 Å². The number of rotatable bonds is 5. The third-order valence-corrected chi connectivity index (χ3v) is 3.93. The number of nitrogens with zero attached hydrogens (tertiary/aromatic N) is 1. The lowest BCUT2D eigenvalue weighted by atomic mass is 10.1. The number of benzene rings is 1. The molecular formula is C14H21BrN2O. The molecule has 0 bridgehead atoms. The molecule has 0 aromatic heterocycles. The Morgan fingerprint density at radius 2 is 2.17 bits per heavy atom. The summed E-state index contributed by atoms with van der Waals surface area (Å²) in [4.78, 5) is 2.44. The summed E-state index contributed by atoms with van der Waals surface area (Å²) >= 11 is 3.48. The number of hydrogen-bond acceptors (Lipinski definition) is 3. The first-order chi connectivity index (χ1) is 8.75. The van der Waals surface area contributed by atoms with Gasteiger partial charge in [-0.25, -0.2) is 0 Å². The molecule has 0 unspecified atom stereocenters. The van der Waals surface area contributed by atoms with E-state index in [0.717, 1.165) is 43.6 Å². The highest BCUT2D eigenvalue weighted by Crippen LogP contribution is 2.16. The second-order valence-corrected chi connectivity index (χ2v) is 5.68. The molecule has 1 N–H and O–H groups in total. The van der Waals surface area contributed by atoms with Crippen molar-refractivity contribution in [3.63, 3.8) is 0 Å². The molecule has 1 aromatic rings. The summed E-state index contributed by atoms with van der Waals surface area (Å²) in [5.74, 6) is 0. The fourth-order valence-electron chi connectivity index (χ4n) is 2.28. The van der Waals surface area contributed by atoms with Gasteiger partial charge in [0.1, 0.15) is 0 Å². The quantitative estimate of drug-likeness (QED) is 0.904. The Bertz CT molecular complexity index is 367. The molecule has 0 saturated carbocycles. The van der Waals surface area contributed by atoms with Crippen LogP contribution in [-0.4, -0.2) is 44.3 Å². The molecule has 4 heteroatoms. The van der Waals surface area contributed by atoms with Crippen molar-refractivity contribution in [3.8, 4) is 0 Å². The Kier molecular flexibility index (Phi) is 5.47. The van der Waals surface area contributed by atoms with Crippen LogP contribution in [0.2, 0.25) is 0 Å². The molecule has 18 heavy (non-hydrogen) atoms. The molecule has 1 aliphatic rings. The van der Waals surface area contributed by atoms with Gasteiger partial charge in [-0.3, -0.25) is 0 Å². The first-order valence-corrected chi connectivity index (χ1v) is 7.32. The lowest BCUT2D eigenvalue weighted by molar-refractivity contribution is 0.0443. The summed E-state index contributed by atoms with van der Waals surface area (Å²) in [6, 6.07) is 8.98. The van der Waals surface area contributed by atoms with Crippen molar-refractivity contribution in [1.29, 1.82) is 0 Å². The minimum atomic E-state index is 0.683. The minimum Gasteiger partial charge on any atom is -0.384 e. The molecule has 1 aliphatic heterocycles. The predicted molar refractivity (Wildman–Crippen MR) is 79.1 cm³/mol. The first-order valence-electron chi connectivity index (χ1n) is 6.53. The Hall–Kier alpha value is -0.580. The van der Waals surface area contributed by atoms with E-state index in [2.05, 4.69) is 51.4 Å². The molecule has 0 aliphatic carbocycles. The standard InChI is InChI=1S/C14H21BrN2O/c1-17(14-5-9-18-10-6-14)8-7-16-13-4-2-3-12(15)11-13/h2-4,11,14,16H,5-10H2,1H3. The van der Waals surface area contributed by atoms with E-state index >= 15 is 0 Å². The van der Waals surface area contributed by atoms with Crippen LogP contribution in [0.4, 0.5) is 5.69 Å². The van der Waals surface area contributed by atoms with E-state index in [9.17, 15) is 0 Å². The number of likely N-dealkylation sites (N-methyl/N-ethyl adjacent to an activating group) is 1. The maximum absolute atomic E-state index is 5.39. The highest BCUT2D eigenvalue weighted by atomic mass is 79.9. The summed E-state index contributed by atoms with van der Waals surface area (Å²) in [6.07, 6.45) is 2.32. The maximum Gasteiger partial charge on any atom is 0.0480 e. The number of nitrogens with one attached hydrogen (secondary N) is 1. The van der Waals surface area contributed by atoms with Crippen molar-refractivity contribution in [1.82, 2.24) is 4.90 Å². The van der Waals surface area contributed by atoms with E-state index in [4.69, 9.17) is 4.74 Å². The summed E-state index contributed by atoms with van der Waals surface area (Å²) < 4.78 is 6.51. The Morgan fingerprint density at radius 3 is 2.89 bits per heavy atom. The van der Waals surface area contributed by atoms with Gasteiger partial charge in [0, 0.05) is 42.5 Å². The van der Waals surface area contributed by atoms with Crippen molar-refractivity contribution < 1.29 is 4.74 Å². The first kappa shape index (κ1) is 13.8. The maximum atomic E-state index is 5.39. The molecule has 0 atom stereocenters. The second kappa shape index (κ2) is 7.12. The van der Waals surface area contributed by atoms with E-state index in [1.807, 2.05) is 6.07 Å². The lowest BCUT2D eigenvalue weighted by Crippen LogP contribution is -2.39. The third kappa shape index (κ3) is 4.26. The Balaban J connectivity index is 1.71. The molecular weight excluding hydrogens is 292 g/mol. The molecule has 0 radical (unpaired) electrons. The molecule has 2 rings (SSSR count). The molecule has 1 heterocycles. The lowest BCUT2D eigenvalue weighted by Gasteiger charge is -2.31. The largest absolute Gasteiger partial charge is 0.384 e. The molecule has 0 spiro atoms. The average Bonchev–Trinajstić information content (AvgIpc) is 2.40. The van der Waals surface area contributed by atoms with Gasteiger partial charge in [0.2, 0.25) is 0 Å². The molecule has 1 aromatic carbocycles. The van der Waals surface area contributed by atoms with Crippen molar-refractivity contribution in [2.75, 3.05) is 38.7 Å². The fourth-order valence-corrected chi connectivity index (χ4v) is 2.68. The van der Waals surface area contributed by atoms with Gasteiger partial charge in [0.15, 0.2) is 0 Å². The summed E-state index contributed by atoms with van der Waals surface area (Å²) in [5, 5.41) is 3.45. The van der Waals surface area contributed by atoms with E-state index < -0.39 is 0 Å². The SMILES string of the molecule is CN(CCNc1cccc(Br)c1)C1CCOCC1. The predicted octanol–water partition coefficient (Wildman–Crippen LogP) is 2.97. The van der Waals surface area contributed by atoms with Crippen LogP contribution in [0.1, 0.15) is 12.8 Å². The zero-order chi connectivity index (χ0) is 12.8. The van der Waals surface area contributed by atoms with Crippen molar-refractivity contribution in [3.05, 3.63) is 28.7 Å². The Morgan fingerprint density at radius 1 is 1.39 bits per heavy atom. The van der Waals surface area contributed by atoms with Gasteiger partial charge in [0.25, 0.3) is 0 Å². The smallest absolute Gasteiger partial charge is 0.0480 e. The van der Waals surface area contributed by atoms with Crippen molar-refractivity contribution >= 4 is 21.6 Å². The number of halogens is 1. The molecule has 1 saturated heterocycles. The van der Waals surface area contributed by atoms with Crippen molar-refractivity contribution in [2.24, 2.45) is 0 Å². The molecule has 100 valence electrons. The van der Waals surface area contributed by atoms with Crippen LogP contribution in [0.5, 0.6) is 0 Å². The number of anilines is 1.